The van der Waals surface area contributed by atoms with Crippen molar-refractivity contribution in [2.45, 2.75) is 32.4 Å². The van der Waals surface area contributed by atoms with Crippen molar-refractivity contribution >= 4 is 11.6 Å². The summed E-state index contributed by atoms with van der Waals surface area (Å²) in [5.74, 6) is 0.0321. The zero-order valence-electron chi connectivity index (χ0n) is 12.6. The fourth-order valence-corrected chi connectivity index (χ4v) is 3.31. The smallest absolute Gasteiger partial charge is 0.129 e. The number of benzene rings is 2. The number of hydrogen-bond donors (Lipinski definition) is 1. The molecule has 0 atom stereocenters. The highest BCUT2D eigenvalue weighted by molar-refractivity contribution is 6.31. The van der Waals surface area contributed by atoms with Crippen molar-refractivity contribution in [2.24, 2.45) is 0 Å². The topological polar surface area (TPSA) is 23.5 Å². The van der Waals surface area contributed by atoms with Gasteiger partial charge < -0.3 is 5.11 Å². The van der Waals surface area contributed by atoms with E-state index in [-0.39, 0.29) is 5.82 Å². The molecule has 1 aliphatic rings. The number of phenols is 1. The number of aryl methyl sites for hydroxylation is 2. The highest BCUT2D eigenvalue weighted by atomic mass is 35.5. The number of phenolic OH excluding ortho intramolecular Hbond substituents is 1. The van der Waals surface area contributed by atoms with Gasteiger partial charge in [-0.05, 0) is 55.6 Å². The predicted molar refractivity (Wildman–Crippen MR) is 86.7 cm³/mol. The van der Waals surface area contributed by atoms with Gasteiger partial charge in [-0.1, -0.05) is 23.7 Å². The molecule has 0 aliphatic heterocycles. The molecule has 0 saturated carbocycles. The maximum atomic E-state index is 13.8. The molecular weight excluding hydrogens is 301 g/mol. The van der Waals surface area contributed by atoms with Crippen LogP contribution in [0, 0.1) is 5.82 Å². The van der Waals surface area contributed by atoms with Crippen molar-refractivity contribution in [2.75, 3.05) is 7.05 Å². The first-order valence-electron chi connectivity index (χ1n) is 7.49. The molecule has 0 heterocycles. The molecule has 0 amide bonds. The summed E-state index contributed by atoms with van der Waals surface area (Å²) in [6.07, 6.45) is 3.27. The summed E-state index contributed by atoms with van der Waals surface area (Å²) in [7, 11) is 1.90. The third-order valence-corrected chi connectivity index (χ3v) is 4.58. The van der Waals surface area contributed by atoms with Gasteiger partial charge >= 0.3 is 0 Å². The summed E-state index contributed by atoms with van der Waals surface area (Å²) < 4.78 is 13.8. The van der Waals surface area contributed by atoms with Crippen LogP contribution < -0.4 is 0 Å². The van der Waals surface area contributed by atoms with Crippen molar-refractivity contribution in [1.29, 1.82) is 0 Å². The Labute approximate surface area is 135 Å². The Balaban J connectivity index is 1.76. The Morgan fingerprint density at radius 1 is 1.18 bits per heavy atom. The largest absolute Gasteiger partial charge is 0.508 e. The molecule has 0 aromatic heterocycles. The molecule has 0 saturated heterocycles. The summed E-state index contributed by atoms with van der Waals surface area (Å²) in [6.45, 7) is 0.964. The van der Waals surface area contributed by atoms with E-state index >= 15 is 0 Å². The molecule has 4 heteroatoms. The van der Waals surface area contributed by atoms with E-state index in [9.17, 15) is 9.50 Å². The highest BCUT2D eigenvalue weighted by Crippen LogP contribution is 2.30. The lowest BCUT2D eigenvalue weighted by molar-refractivity contribution is 0.307. The maximum Gasteiger partial charge on any atom is 0.129 e. The van der Waals surface area contributed by atoms with Crippen LogP contribution in [-0.2, 0) is 25.9 Å². The van der Waals surface area contributed by atoms with Crippen LogP contribution in [0.2, 0.25) is 5.02 Å². The van der Waals surface area contributed by atoms with Crippen molar-refractivity contribution in [3.8, 4) is 5.75 Å². The minimum absolute atomic E-state index is 0.294. The molecule has 2 nitrogen and oxygen atoms in total. The van der Waals surface area contributed by atoms with Crippen molar-refractivity contribution < 1.29 is 9.50 Å². The van der Waals surface area contributed by atoms with Gasteiger partial charge in [-0.25, -0.2) is 4.39 Å². The highest BCUT2D eigenvalue weighted by Gasteiger charge is 2.16. The second-order valence-corrected chi connectivity index (χ2v) is 6.38. The molecule has 116 valence electrons. The molecule has 0 unspecified atom stereocenters. The summed E-state index contributed by atoms with van der Waals surface area (Å²) in [4.78, 5) is 1.96. The number of fused-ring (bicyclic) bond motifs is 1. The quantitative estimate of drug-likeness (QED) is 0.908. The second-order valence-electron chi connectivity index (χ2n) is 5.98. The van der Waals surface area contributed by atoms with Crippen LogP contribution in [0.5, 0.6) is 5.75 Å². The monoisotopic (exact) mass is 319 g/mol. The SMILES string of the molecule is CN(Cc1cc2c(cc1O)CCC2)Cc1c(F)cccc1Cl. The minimum Gasteiger partial charge on any atom is -0.508 e. The summed E-state index contributed by atoms with van der Waals surface area (Å²) in [5.41, 5.74) is 3.95. The Morgan fingerprint density at radius 2 is 1.91 bits per heavy atom. The molecule has 2 aromatic rings. The van der Waals surface area contributed by atoms with Gasteiger partial charge in [0.25, 0.3) is 0 Å². The van der Waals surface area contributed by atoms with E-state index in [1.54, 1.807) is 12.1 Å². The van der Waals surface area contributed by atoms with E-state index in [1.807, 2.05) is 18.0 Å². The Bertz CT molecular complexity index is 681. The molecular formula is C18H19ClFNO. The number of halogens is 2. The van der Waals surface area contributed by atoms with Gasteiger partial charge in [0.15, 0.2) is 0 Å². The van der Waals surface area contributed by atoms with E-state index in [2.05, 4.69) is 6.07 Å². The fourth-order valence-electron chi connectivity index (χ4n) is 3.09. The van der Waals surface area contributed by atoms with E-state index in [1.165, 1.54) is 17.2 Å². The molecule has 0 bridgehead atoms. The molecule has 0 radical (unpaired) electrons. The third kappa shape index (κ3) is 3.11. The number of rotatable bonds is 4. The van der Waals surface area contributed by atoms with Crippen LogP contribution in [0.3, 0.4) is 0 Å². The second kappa shape index (κ2) is 6.27. The van der Waals surface area contributed by atoms with Gasteiger partial charge in [-0.3, -0.25) is 4.90 Å². The lowest BCUT2D eigenvalue weighted by Crippen LogP contribution is -2.18. The van der Waals surface area contributed by atoms with Crippen LogP contribution in [-0.4, -0.2) is 17.1 Å². The fraction of sp³-hybridized carbons (Fsp3) is 0.333. The van der Waals surface area contributed by atoms with Crippen molar-refractivity contribution in [3.63, 3.8) is 0 Å². The zero-order chi connectivity index (χ0) is 15.7. The summed E-state index contributed by atoms with van der Waals surface area (Å²) >= 11 is 6.07. The van der Waals surface area contributed by atoms with E-state index < -0.39 is 0 Å². The summed E-state index contributed by atoms with van der Waals surface area (Å²) in [5, 5.41) is 10.6. The molecule has 1 aliphatic carbocycles. The Morgan fingerprint density at radius 3 is 2.64 bits per heavy atom. The number of hydrogen-bond acceptors (Lipinski definition) is 2. The number of aromatic hydroxyl groups is 1. The molecule has 2 aromatic carbocycles. The standard InChI is InChI=1S/C18H19ClFNO/c1-21(11-15-16(19)6-3-7-17(15)20)10-14-8-12-4-2-5-13(12)9-18(14)22/h3,6-9,22H,2,4-5,10-11H2,1H3. The minimum atomic E-state index is -0.294. The number of nitrogens with zero attached hydrogens (tertiary/aromatic N) is 1. The van der Waals surface area contributed by atoms with Gasteiger partial charge in [-0.15, -0.1) is 0 Å². The van der Waals surface area contributed by atoms with Crippen LogP contribution in [0.4, 0.5) is 4.39 Å². The van der Waals surface area contributed by atoms with Gasteiger partial charge in [0.1, 0.15) is 11.6 Å². The van der Waals surface area contributed by atoms with Gasteiger partial charge in [0.2, 0.25) is 0 Å². The van der Waals surface area contributed by atoms with Gasteiger partial charge in [0, 0.05) is 29.2 Å². The Kier molecular flexibility index (Phi) is 4.37. The van der Waals surface area contributed by atoms with Gasteiger partial charge in [-0.2, -0.15) is 0 Å². The first kappa shape index (κ1) is 15.3. The summed E-state index contributed by atoms with van der Waals surface area (Å²) in [6, 6.07) is 8.68. The van der Waals surface area contributed by atoms with Crippen molar-refractivity contribution in [1.82, 2.24) is 4.90 Å². The maximum absolute atomic E-state index is 13.8. The molecule has 3 rings (SSSR count). The van der Waals surface area contributed by atoms with Crippen molar-refractivity contribution in [3.05, 3.63) is 63.4 Å². The molecule has 0 fully saturated rings. The average Bonchev–Trinajstić information content (AvgIpc) is 2.90. The van der Waals surface area contributed by atoms with E-state index in [0.29, 0.717) is 29.4 Å². The molecule has 0 spiro atoms. The predicted octanol–water partition coefficient (Wildman–Crippen LogP) is 4.31. The van der Waals surface area contributed by atoms with Crippen LogP contribution in [0.15, 0.2) is 30.3 Å². The van der Waals surface area contributed by atoms with Crippen LogP contribution in [0.1, 0.15) is 28.7 Å². The molecule has 22 heavy (non-hydrogen) atoms. The first-order chi connectivity index (χ1) is 10.5. The Hall–Kier alpha value is -1.58. The first-order valence-corrected chi connectivity index (χ1v) is 7.87. The third-order valence-electron chi connectivity index (χ3n) is 4.22. The van der Waals surface area contributed by atoms with Crippen LogP contribution in [0.25, 0.3) is 0 Å². The van der Waals surface area contributed by atoms with Crippen LogP contribution >= 0.6 is 11.6 Å². The average molecular weight is 320 g/mol. The van der Waals surface area contributed by atoms with Gasteiger partial charge in [0.05, 0.1) is 0 Å². The lowest BCUT2D eigenvalue weighted by Gasteiger charge is -2.19. The zero-order valence-corrected chi connectivity index (χ0v) is 13.3. The normalized spacial score (nSPS) is 13.6. The lowest BCUT2D eigenvalue weighted by atomic mass is 10.0. The molecule has 1 N–H and O–H groups in total. The van der Waals surface area contributed by atoms with E-state index in [0.717, 1.165) is 24.8 Å². The van der Waals surface area contributed by atoms with E-state index in [4.69, 9.17) is 11.6 Å².